The van der Waals surface area contributed by atoms with Gasteiger partial charge in [-0.25, -0.2) is 0 Å². The molecule has 0 aliphatic carbocycles. The highest BCUT2D eigenvalue weighted by molar-refractivity contribution is 6.17. The molecule has 0 bridgehead atoms. The molecule has 0 fully saturated rings. The van der Waals surface area contributed by atoms with Gasteiger partial charge in [-0.15, -0.1) is 21.8 Å². The van der Waals surface area contributed by atoms with Crippen LogP contribution in [0.5, 0.6) is 0 Å². The van der Waals surface area contributed by atoms with Crippen molar-refractivity contribution in [2.24, 2.45) is 0 Å². The summed E-state index contributed by atoms with van der Waals surface area (Å²) in [6.45, 7) is 0. The van der Waals surface area contributed by atoms with Crippen LogP contribution in [0.25, 0.3) is 11.3 Å². The van der Waals surface area contributed by atoms with Crippen molar-refractivity contribution in [1.29, 1.82) is 0 Å². The van der Waals surface area contributed by atoms with Gasteiger partial charge in [0.1, 0.15) is 12.2 Å². The third-order valence-electron chi connectivity index (χ3n) is 3.96. The predicted molar refractivity (Wildman–Crippen MR) is 88.1 cm³/mol. The minimum absolute atomic E-state index is 0.504. The summed E-state index contributed by atoms with van der Waals surface area (Å²) in [6.07, 6.45) is 4.76. The second kappa shape index (κ2) is 5.43. The molecule has 0 amide bonds. The van der Waals surface area contributed by atoms with Crippen molar-refractivity contribution >= 4 is 17.2 Å². The van der Waals surface area contributed by atoms with Gasteiger partial charge in [0, 0.05) is 17.9 Å². The van der Waals surface area contributed by atoms with Gasteiger partial charge >= 0.3 is 0 Å². The van der Waals surface area contributed by atoms with Crippen LogP contribution in [-0.4, -0.2) is 14.8 Å². The highest BCUT2D eigenvalue weighted by Crippen LogP contribution is 2.33. The lowest BCUT2D eigenvalue weighted by Gasteiger charge is -2.14. The maximum absolute atomic E-state index is 6.03. The number of alkyl halides is 1. The number of rotatable bonds is 2. The van der Waals surface area contributed by atoms with Crippen LogP contribution in [0, 0.1) is 0 Å². The lowest BCUT2D eigenvalue weighted by atomic mass is 9.95. The van der Waals surface area contributed by atoms with Crippen molar-refractivity contribution in [1.82, 2.24) is 14.8 Å². The lowest BCUT2D eigenvalue weighted by Crippen LogP contribution is -2.01. The first-order chi connectivity index (χ1) is 10.9. The number of fused-ring (bicyclic) bond motifs is 3. The quantitative estimate of drug-likeness (QED) is 0.670. The van der Waals surface area contributed by atoms with Crippen LogP contribution in [-0.2, 0) is 12.3 Å². The first-order valence-electron chi connectivity index (χ1n) is 7.21. The molecule has 22 heavy (non-hydrogen) atoms. The van der Waals surface area contributed by atoms with Gasteiger partial charge in [0.05, 0.1) is 5.69 Å². The molecule has 0 unspecified atom stereocenters. The van der Waals surface area contributed by atoms with Crippen LogP contribution in [0.15, 0.2) is 60.9 Å². The monoisotopic (exact) mass is 307 g/mol. The van der Waals surface area contributed by atoms with Gasteiger partial charge in [-0.05, 0) is 28.8 Å². The summed E-state index contributed by atoms with van der Waals surface area (Å²) in [5, 5.41) is 8.27. The Kier molecular flexibility index (Phi) is 3.28. The van der Waals surface area contributed by atoms with Crippen LogP contribution in [0.4, 0.5) is 0 Å². The zero-order valence-corrected chi connectivity index (χ0v) is 12.7. The maximum atomic E-state index is 6.03. The molecule has 108 valence electrons. The largest absolute Gasteiger partial charge is 0.285 e. The Balaban J connectivity index is 1.98. The summed E-state index contributed by atoms with van der Waals surface area (Å²) in [5.74, 6) is 1.45. The molecule has 0 saturated carbocycles. The lowest BCUT2D eigenvalue weighted by molar-refractivity contribution is 0.927. The molecule has 4 rings (SSSR count). The van der Waals surface area contributed by atoms with Crippen molar-refractivity contribution in [3.8, 4) is 5.69 Å². The summed E-state index contributed by atoms with van der Waals surface area (Å²) in [7, 11) is 0. The van der Waals surface area contributed by atoms with Crippen molar-refractivity contribution < 1.29 is 0 Å². The Morgan fingerprint density at radius 2 is 1.95 bits per heavy atom. The summed E-state index contributed by atoms with van der Waals surface area (Å²) >= 11 is 6.03. The molecule has 3 aromatic rings. The SMILES string of the molecule is ClCc1ccc2c(c1)C(c1ccccc1)=CCc1nncn1-2. The van der Waals surface area contributed by atoms with E-state index in [-0.39, 0.29) is 0 Å². The van der Waals surface area contributed by atoms with E-state index in [1.807, 2.05) is 6.07 Å². The van der Waals surface area contributed by atoms with Crippen molar-refractivity contribution in [2.75, 3.05) is 0 Å². The zero-order valence-electron chi connectivity index (χ0n) is 11.9. The molecule has 1 aliphatic rings. The number of aromatic nitrogens is 3. The normalized spacial score (nSPS) is 13.0. The second-order valence-electron chi connectivity index (χ2n) is 5.29. The molecule has 1 aliphatic heterocycles. The topological polar surface area (TPSA) is 30.7 Å². The van der Waals surface area contributed by atoms with E-state index in [4.69, 9.17) is 11.6 Å². The van der Waals surface area contributed by atoms with E-state index in [0.29, 0.717) is 5.88 Å². The van der Waals surface area contributed by atoms with Gasteiger partial charge in [-0.1, -0.05) is 42.5 Å². The number of hydrogen-bond donors (Lipinski definition) is 0. The van der Waals surface area contributed by atoms with Crippen molar-refractivity contribution in [3.63, 3.8) is 0 Å². The maximum Gasteiger partial charge on any atom is 0.141 e. The zero-order chi connectivity index (χ0) is 14.9. The molecule has 1 aromatic heterocycles. The van der Waals surface area contributed by atoms with Gasteiger partial charge in [0.15, 0.2) is 0 Å². The fourth-order valence-corrected chi connectivity index (χ4v) is 3.05. The van der Waals surface area contributed by atoms with Gasteiger partial charge in [0.25, 0.3) is 0 Å². The average molecular weight is 308 g/mol. The van der Waals surface area contributed by atoms with E-state index in [2.05, 4.69) is 63.3 Å². The first kappa shape index (κ1) is 13.3. The highest BCUT2D eigenvalue weighted by atomic mass is 35.5. The van der Waals surface area contributed by atoms with Crippen LogP contribution in [0.2, 0.25) is 0 Å². The molecule has 2 heterocycles. The Morgan fingerprint density at radius 1 is 1.09 bits per heavy atom. The third kappa shape index (κ3) is 2.14. The minimum atomic E-state index is 0.504. The smallest absolute Gasteiger partial charge is 0.141 e. The van der Waals surface area contributed by atoms with Gasteiger partial charge < -0.3 is 0 Å². The van der Waals surface area contributed by atoms with E-state index in [1.165, 1.54) is 16.7 Å². The Bertz CT molecular complexity index is 850. The number of nitrogens with zero attached hydrogens (tertiary/aromatic N) is 3. The minimum Gasteiger partial charge on any atom is -0.285 e. The van der Waals surface area contributed by atoms with E-state index in [1.54, 1.807) is 6.33 Å². The van der Waals surface area contributed by atoms with E-state index in [0.717, 1.165) is 23.5 Å². The summed E-state index contributed by atoms with van der Waals surface area (Å²) in [4.78, 5) is 0. The average Bonchev–Trinajstić information content (AvgIpc) is 2.98. The van der Waals surface area contributed by atoms with Gasteiger partial charge in [-0.3, -0.25) is 4.57 Å². The molecule has 4 heteroatoms. The molecular weight excluding hydrogens is 294 g/mol. The molecule has 0 N–H and O–H groups in total. The standard InChI is InChI=1S/C18H14ClN3/c19-11-13-6-8-17-16(10-13)15(14-4-2-1-3-5-14)7-9-18-21-20-12-22(17)18/h1-8,10,12H,9,11H2. The van der Waals surface area contributed by atoms with E-state index in [9.17, 15) is 0 Å². The number of hydrogen-bond acceptors (Lipinski definition) is 2. The second-order valence-corrected chi connectivity index (χ2v) is 5.56. The van der Waals surface area contributed by atoms with Crippen LogP contribution < -0.4 is 0 Å². The number of benzene rings is 2. The number of halogens is 1. The van der Waals surface area contributed by atoms with Gasteiger partial charge in [0.2, 0.25) is 0 Å². The molecule has 3 nitrogen and oxygen atoms in total. The fraction of sp³-hybridized carbons (Fsp3) is 0.111. The third-order valence-corrected chi connectivity index (χ3v) is 4.27. The molecule has 0 radical (unpaired) electrons. The Hall–Kier alpha value is -2.39. The fourth-order valence-electron chi connectivity index (χ4n) is 2.89. The Morgan fingerprint density at radius 3 is 2.77 bits per heavy atom. The molecule has 0 atom stereocenters. The van der Waals surface area contributed by atoms with Crippen molar-refractivity contribution in [3.05, 3.63) is 83.4 Å². The number of allylic oxidation sites excluding steroid dienone is 1. The molecule has 2 aromatic carbocycles. The van der Waals surface area contributed by atoms with E-state index < -0.39 is 0 Å². The summed E-state index contributed by atoms with van der Waals surface area (Å²) in [6, 6.07) is 16.7. The van der Waals surface area contributed by atoms with E-state index >= 15 is 0 Å². The summed E-state index contributed by atoms with van der Waals surface area (Å²) in [5.41, 5.74) is 5.80. The molecule has 0 saturated heterocycles. The summed E-state index contributed by atoms with van der Waals surface area (Å²) < 4.78 is 2.06. The predicted octanol–water partition coefficient (Wildman–Crippen LogP) is 3.99. The molecular formula is C18H14ClN3. The van der Waals surface area contributed by atoms with Crippen LogP contribution in [0.1, 0.15) is 22.5 Å². The van der Waals surface area contributed by atoms with Crippen molar-refractivity contribution in [2.45, 2.75) is 12.3 Å². The van der Waals surface area contributed by atoms with Gasteiger partial charge in [-0.2, -0.15) is 0 Å². The highest BCUT2D eigenvalue weighted by Gasteiger charge is 2.18. The van der Waals surface area contributed by atoms with Crippen LogP contribution in [0.3, 0.4) is 0 Å². The first-order valence-corrected chi connectivity index (χ1v) is 7.74. The molecule has 0 spiro atoms. The van der Waals surface area contributed by atoms with Crippen LogP contribution >= 0.6 is 11.6 Å². The Labute approximate surface area is 133 Å².